The van der Waals surface area contributed by atoms with Gasteiger partial charge < -0.3 is 25.4 Å². The van der Waals surface area contributed by atoms with Crippen LogP contribution in [0.5, 0.6) is 0 Å². The van der Waals surface area contributed by atoms with E-state index < -0.39 is 36.9 Å². The molecule has 10 nitrogen and oxygen atoms in total. The number of carbonyl (C=O) groups is 2. The molecule has 3 rings (SSSR count). The summed E-state index contributed by atoms with van der Waals surface area (Å²) in [6.07, 6.45) is 1.23. The number of nitrogens with zero attached hydrogens (tertiary/aromatic N) is 1. The van der Waals surface area contributed by atoms with E-state index in [2.05, 4.69) is 5.32 Å². The number of fused-ring (bicyclic) bond motifs is 2. The molecule has 1 saturated carbocycles. The summed E-state index contributed by atoms with van der Waals surface area (Å²) < 4.78 is 35.8. The van der Waals surface area contributed by atoms with Gasteiger partial charge in [0.2, 0.25) is 0 Å². The van der Waals surface area contributed by atoms with Gasteiger partial charge in [-0.25, -0.2) is 8.42 Å². The molecule has 1 spiro atoms. The van der Waals surface area contributed by atoms with E-state index in [-0.39, 0.29) is 57.2 Å². The third kappa shape index (κ3) is 4.10. The molecule has 2 amide bonds. The van der Waals surface area contributed by atoms with Crippen LogP contribution in [0, 0.1) is 5.41 Å². The average Bonchev–Trinajstić information content (AvgIpc) is 3.46. The molecular formula is C19H30N4O6S. The minimum Gasteiger partial charge on any atom is -0.378 e. The highest BCUT2D eigenvalue weighted by Crippen LogP contribution is 2.49. The molecule has 1 aliphatic carbocycles. The molecule has 2 aliphatic heterocycles. The molecule has 0 aromatic heterocycles. The van der Waals surface area contributed by atoms with Crippen LogP contribution in [0.25, 0.3) is 0 Å². The minimum atomic E-state index is -3.60. The second kappa shape index (κ2) is 8.27. The zero-order valence-corrected chi connectivity index (χ0v) is 18.3. The quantitative estimate of drug-likeness (QED) is 0.480. The summed E-state index contributed by atoms with van der Waals surface area (Å²) in [6, 6.07) is 0. The Labute approximate surface area is 176 Å². The van der Waals surface area contributed by atoms with E-state index in [1.165, 1.54) is 4.90 Å². The molecule has 2 fully saturated rings. The van der Waals surface area contributed by atoms with Crippen molar-refractivity contribution in [3.05, 3.63) is 11.3 Å². The number of rotatable bonds is 2. The number of hydrogen-bond donors (Lipinski definition) is 3. The Hall–Kier alpha value is -1.98. The summed E-state index contributed by atoms with van der Waals surface area (Å²) in [6.45, 7) is 4.77. The van der Waals surface area contributed by atoms with Gasteiger partial charge in [0.05, 0.1) is 35.9 Å². The largest absolute Gasteiger partial charge is 0.378 e. The lowest BCUT2D eigenvalue weighted by Gasteiger charge is -2.36. The molecule has 0 radical (unpaired) electrons. The van der Waals surface area contributed by atoms with Crippen LogP contribution >= 0.6 is 0 Å². The van der Waals surface area contributed by atoms with Gasteiger partial charge in [0.1, 0.15) is 11.4 Å². The summed E-state index contributed by atoms with van der Waals surface area (Å²) in [7, 11) is -3.60. The third-order valence-corrected chi connectivity index (χ3v) is 9.19. The van der Waals surface area contributed by atoms with Gasteiger partial charge in [0.15, 0.2) is 9.84 Å². The van der Waals surface area contributed by atoms with Gasteiger partial charge in [0, 0.05) is 25.2 Å². The minimum absolute atomic E-state index is 0.0533. The highest BCUT2D eigenvalue weighted by Gasteiger charge is 2.61. The van der Waals surface area contributed by atoms with E-state index in [0.717, 1.165) is 0 Å². The van der Waals surface area contributed by atoms with E-state index in [0.29, 0.717) is 19.4 Å². The van der Waals surface area contributed by atoms with Crippen LogP contribution in [0.3, 0.4) is 0 Å². The Bertz CT molecular complexity index is 875. The molecule has 0 unspecified atom stereocenters. The lowest BCUT2D eigenvalue weighted by molar-refractivity contribution is -0.128. The Morgan fingerprint density at radius 1 is 1.20 bits per heavy atom. The first kappa shape index (κ1) is 22.7. The van der Waals surface area contributed by atoms with E-state index in [4.69, 9.17) is 20.6 Å². The van der Waals surface area contributed by atoms with Crippen LogP contribution in [0.1, 0.15) is 33.1 Å². The van der Waals surface area contributed by atoms with Crippen molar-refractivity contribution < 1.29 is 27.5 Å². The number of carbonyl (C=O) groups excluding carboxylic acids is 2. The summed E-state index contributed by atoms with van der Waals surface area (Å²) >= 11 is 0. The molecule has 168 valence electrons. The predicted molar refractivity (Wildman–Crippen MR) is 110 cm³/mol. The summed E-state index contributed by atoms with van der Waals surface area (Å²) in [5.41, 5.74) is 5.22. The third-order valence-electron chi connectivity index (χ3n) is 5.94. The topological polar surface area (TPSA) is 152 Å². The molecule has 2 heterocycles. The van der Waals surface area contributed by atoms with E-state index >= 15 is 0 Å². The van der Waals surface area contributed by atoms with Crippen molar-refractivity contribution in [2.24, 2.45) is 5.73 Å². The predicted octanol–water partition coefficient (Wildman–Crippen LogP) is -0.660. The van der Waals surface area contributed by atoms with Crippen molar-refractivity contribution in [2.75, 3.05) is 46.1 Å². The van der Waals surface area contributed by atoms with Crippen LogP contribution in [0.4, 0.5) is 0 Å². The van der Waals surface area contributed by atoms with Crippen LogP contribution in [0.15, 0.2) is 11.3 Å². The summed E-state index contributed by atoms with van der Waals surface area (Å²) in [5, 5.41) is 10.9. The number of amides is 2. The lowest BCUT2D eigenvalue weighted by atomic mass is 9.98. The number of nitrogens with one attached hydrogen (secondary N) is 2. The molecule has 0 aromatic rings. The monoisotopic (exact) mass is 442 g/mol. The molecule has 1 saturated heterocycles. The Balaban J connectivity index is 1.95. The van der Waals surface area contributed by atoms with Crippen LogP contribution < -0.4 is 11.1 Å². The highest BCUT2D eigenvalue weighted by atomic mass is 32.2. The van der Waals surface area contributed by atoms with Gasteiger partial charge >= 0.3 is 0 Å². The zero-order chi connectivity index (χ0) is 22.2. The van der Waals surface area contributed by atoms with Crippen molar-refractivity contribution in [3.8, 4) is 0 Å². The average molecular weight is 443 g/mol. The Kier molecular flexibility index (Phi) is 6.26. The van der Waals surface area contributed by atoms with Crippen molar-refractivity contribution >= 4 is 27.4 Å². The smallest absolute Gasteiger partial charge is 0.270 e. The first-order chi connectivity index (χ1) is 14.0. The summed E-state index contributed by atoms with van der Waals surface area (Å²) in [5.74, 6) is -1.33. The number of primary amides is 1. The van der Waals surface area contributed by atoms with Gasteiger partial charge in [-0.2, -0.15) is 0 Å². The van der Waals surface area contributed by atoms with Gasteiger partial charge in [-0.3, -0.25) is 15.0 Å². The van der Waals surface area contributed by atoms with Crippen molar-refractivity contribution in [3.63, 3.8) is 0 Å². The fourth-order valence-electron chi connectivity index (χ4n) is 3.94. The molecule has 4 N–H and O–H groups in total. The van der Waals surface area contributed by atoms with Crippen molar-refractivity contribution in [1.82, 2.24) is 10.2 Å². The SMILES string of the molecule is CC1(C)COCCOCCNC2=C(C(=N)C(N)=O)CCN(CC3(CC3)S1(=O)=O)C2=O. The number of ether oxygens (including phenoxy) is 2. The second-order valence-electron chi connectivity index (χ2n) is 8.61. The fraction of sp³-hybridized carbons (Fsp3) is 0.737. The number of hydrogen-bond acceptors (Lipinski definition) is 8. The van der Waals surface area contributed by atoms with Crippen molar-refractivity contribution in [2.45, 2.75) is 42.6 Å². The normalized spacial score (nSPS) is 26.3. The second-order valence-corrected chi connectivity index (χ2v) is 11.6. The van der Waals surface area contributed by atoms with Gasteiger partial charge in [-0.1, -0.05) is 0 Å². The summed E-state index contributed by atoms with van der Waals surface area (Å²) in [4.78, 5) is 26.2. The molecule has 0 aromatic carbocycles. The lowest BCUT2D eigenvalue weighted by Crippen LogP contribution is -2.53. The molecule has 2 bridgehead atoms. The standard InChI is InChI=1S/C19H30N4O6S/c1-18(2)12-29-10-9-28-8-6-22-15-13(14(20)16(21)24)3-7-23(17(15)25)11-19(4-5-19)30(18,26)27/h20,22H,3-12H2,1-2H3,(H2,21,24). The zero-order valence-electron chi connectivity index (χ0n) is 17.5. The molecule has 3 aliphatic rings. The highest BCUT2D eigenvalue weighted by molar-refractivity contribution is 7.94. The maximum atomic E-state index is 13.4. The molecule has 11 heteroatoms. The van der Waals surface area contributed by atoms with Gasteiger partial charge in [0.25, 0.3) is 11.8 Å². The van der Waals surface area contributed by atoms with Gasteiger partial charge in [-0.15, -0.1) is 0 Å². The van der Waals surface area contributed by atoms with Crippen LogP contribution in [-0.4, -0.2) is 86.4 Å². The van der Waals surface area contributed by atoms with E-state index in [1.807, 2.05) is 0 Å². The first-order valence-electron chi connectivity index (χ1n) is 10.1. The number of sulfone groups is 1. The molecule has 30 heavy (non-hydrogen) atoms. The van der Waals surface area contributed by atoms with E-state index in [1.54, 1.807) is 13.8 Å². The van der Waals surface area contributed by atoms with Crippen LogP contribution in [0.2, 0.25) is 0 Å². The molecular weight excluding hydrogens is 412 g/mol. The van der Waals surface area contributed by atoms with Crippen LogP contribution in [-0.2, 0) is 28.9 Å². The fourth-order valence-corrected chi connectivity index (χ4v) is 6.32. The maximum absolute atomic E-state index is 13.4. The maximum Gasteiger partial charge on any atom is 0.270 e. The Morgan fingerprint density at radius 3 is 2.50 bits per heavy atom. The van der Waals surface area contributed by atoms with Crippen molar-refractivity contribution in [1.29, 1.82) is 5.41 Å². The first-order valence-corrected chi connectivity index (χ1v) is 11.6. The van der Waals surface area contributed by atoms with Gasteiger partial charge in [-0.05, 0) is 33.1 Å². The Morgan fingerprint density at radius 2 is 1.87 bits per heavy atom. The molecule has 0 atom stereocenters. The van der Waals surface area contributed by atoms with E-state index in [9.17, 15) is 18.0 Å². The number of nitrogens with two attached hydrogens (primary N) is 1.